The first-order valence-corrected chi connectivity index (χ1v) is 13.9. The molecule has 1 aromatic carbocycles. The lowest BCUT2D eigenvalue weighted by molar-refractivity contribution is -0.143. The molecule has 3 heterocycles. The van der Waals surface area contributed by atoms with Crippen molar-refractivity contribution in [3.63, 3.8) is 0 Å². The monoisotopic (exact) mass is 525 g/mol. The highest BCUT2D eigenvalue weighted by atomic mass is 16.5. The molecule has 8 nitrogen and oxygen atoms in total. The summed E-state index contributed by atoms with van der Waals surface area (Å²) in [6, 6.07) is 9.07. The molecule has 0 radical (unpaired) electrons. The fraction of sp³-hybridized carbons (Fsp3) is 0.600. The average Bonchev–Trinajstić information content (AvgIpc) is 3.35. The number of aromatic nitrogens is 1. The Hall–Kier alpha value is -2.68. The SMILES string of the molecule is COc1cc(CCCCO[C@@H]2CCN(C(C(=O)O)c3ccccc3COC(C)(C)C)C2)nc2c1CCCN2. The van der Waals surface area contributed by atoms with Gasteiger partial charge >= 0.3 is 5.97 Å². The summed E-state index contributed by atoms with van der Waals surface area (Å²) in [5, 5.41) is 13.5. The van der Waals surface area contributed by atoms with E-state index in [1.807, 2.05) is 49.9 Å². The number of ether oxygens (including phenoxy) is 3. The largest absolute Gasteiger partial charge is 0.496 e. The number of unbranched alkanes of at least 4 members (excludes halogenated alkanes) is 1. The van der Waals surface area contributed by atoms with E-state index in [1.165, 1.54) is 5.56 Å². The first-order chi connectivity index (χ1) is 18.2. The molecular formula is C30H43N3O5. The average molecular weight is 526 g/mol. The van der Waals surface area contributed by atoms with Gasteiger partial charge in [-0.3, -0.25) is 9.69 Å². The van der Waals surface area contributed by atoms with Crippen LogP contribution in [0.2, 0.25) is 0 Å². The molecule has 1 fully saturated rings. The van der Waals surface area contributed by atoms with E-state index in [0.717, 1.165) is 73.5 Å². The lowest BCUT2D eigenvalue weighted by Gasteiger charge is -2.27. The Morgan fingerprint density at radius 1 is 1.26 bits per heavy atom. The molecule has 4 rings (SSSR count). The molecule has 1 saturated heterocycles. The van der Waals surface area contributed by atoms with Crippen LogP contribution in [0, 0.1) is 0 Å². The summed E-state index contributed by atoms with van der Waals surface area (Å²) in [6.45, 7) is 9.32. The molecule has 1 aromatic heterocycles. The molecule has 8 heteroatoms. The van der Waals surface area contributed by atoms with Gasteiger partial charge in [-0.05, 0) is 70.4 Å². The zero-order valence-electron chi connectivity index (χ0n) is 23.3. The molecule has 0 bridgehead atoms. The number of rotatable bonds is 12. The van der Waals surface area contributed by atoms with Crippen molar-refractivity contribution >= 4 is 11.8 Å². The Kier molecular flexibility index (Phi) is 9.63. The molecule has 38 heavy (non-hydrogen) atoms. The summed E-state index contributed by atoms with van der Waals surface area (Å²) in [7, 11) is 1.72. The zero-order chi connectivity index (χ0) is 27.1. The van der Waals surface area contributed by atoms with Gasteiger partial charge in [-0.15, -0.1) is 0 Å². The number of aryl methyl sites for hydroxylation is 1. The smallest absolute Gasteiger partial charge is 0.325 e. The van der Waals surface area contributed by atoms with Gasteiger partial charge in [-0.2, -0.15) is 0 Å². The van der Waals surface area contributed by atoms with Crippen molar-refractivity contribution in [3.05, 3.63) is 52.7 Å². The maximum absolute atomic E-state index is 12.4. The molecule has 2 atom stereocenters. The molecule has 1 unspecified atom stereocenters. The van der Waals surface area contributed by atoms with Crippen LogP contribution in [-0.4, -0.2) is 66.0 Å². The maximum Gasteiger partial charge on any atom is 0.325 e. The highest BCUT2D eigenvalue weighted by Crippen LogP contribution is 2.31. The van der Waals surface area contributed by atoms with Crippen LogP contribution >= 0.6 is 0 Å². The Bertz CT molecular complexity index is 1070. The third-order valence-electron chi connectivity index (χ3n) is 7.22. The first-order valence-electron chi connectivity index (χ1n) is 13.9. The van der Waals surface area contributed by atoms with E-state index in [0.29, 0.717) is 26.3 Å². The minimum atomic E-state index is -0.837. The van der Waals surface area contributed by atoms with Gasteiger partial charge in [0.25, 0.3) is 0 Å². The molecule has 2 aromatic rings. The van der Waals surface area contributed by atoms with E-state index in [1.54, 1.807) is 7.11 Å². The van der Waals surface area contributed by atoms with Crippen LogP contribution in [0.3, 0.4) is 0 Å². The third kappa shape index (κ3) is 7.46. The standard InChI is InChI=1S/C30H43N3O5/c1-30(2,3)38-20-21-10-5-6-12-24(21)27(29(34)35)33-16-14-23(19-33)37-17-8-7-11-22-18-26(36-4)25-13-9-15-31-28(25)32-22/h5-6,10,12,18,23,27H,7-9,11,13-17,19-20H2,1-4H3,(H,31,32)(H,34,35)/t23-,27?/m1/s1. The second-order valence-corrected chi connectivity index (χ2v) is 11.2. The second kappa shape index (κ2) is 12.9. The number of carboxylic acids is 1. The second-order valence-electron chi connectivity index (χ2n) is 11.2. The Morgan fingerprint density at radius 3 is 2.84 bits per heavy atom. The summed E-state index contributed by atoms with van der Waals surface area (Å²) < 4.78 is 17.7. The van der Waals surface area contributed by atoms with Crippen LogP contribution in [-0.2, 0) is 33.7 Å². The fourth-order valence-electron chi connectivity index (χ4n) is 5.26. The van der Waals surface area contributed by atoms with Crippen molar-refractivity contribution < 1.29 is 24.1 Å². The van der Waals surface area contributed by atoms with E-state index in [-0.39, 0.29) is 11.7 Å². The number of fused-ring (bicyclic) bond motifs is 1. The number of likely N-dealkylation sites (tertiary alicyclic amines) is 1. The number of nitrogens with one attached hydrogen (secondary N) is 1. The van der Waals surface area contributed by atoms with Gasteiger partial charge in [-0.25, -0.2) is 4.98 Å². The number of hydrogen-bond acceptors (Lipinski definition) is 7. The van der Waals surface area contributed by atoms with Crippen LogP contribution in [0.1, 0.15) is 74.9 Å². The molecule has 2 aliphatic rings. The van der Waals surface area contributed by atoms with Gasteiger partial charge in [0, 0.05) is 43.6 Å². The van der Waals surface area contributed by atoms with Crippen LogP contribution in [0.25, 0.3) is 0 Å². The van der Waals surface area contributed by atoms with E-state index in [4.69, 9.17) is 19.2 Å². The lowest BCUT2D eigenvalue weighted by atomic mass is 9.99. The number of hydrogen-bond donors (Lipinski definition) is 2. The van der Waals surface area contributed by atoms with Gasteiger partial charge in [-0.1, -0.05) is 24.3 Å². The van der Waals surface area contributed by atoms with Crippen LogP contribution in [0.4, 0.5) is 5.82 Å². The van der Waals surface area contributed by atoms with Crippen molar-refractivity contribution in [2.24, 2.45) is 0 Å². The zero-order valence-corrected chi connectivity index (χ0v) is 23.3. The number of anilines is 1. The fourth-order valence-corrected chi connectivity index (χ4v) is 5.26. The number of carboxylic acid groups (broad SMARTS) is 1. The van der Waals surface area contributed by atoms with Crippen molar-refractivity contribution in [3.8, 4) is 5.75 Å². The minimum absolute atomic E-state index is 0.0426. The third-order valence-corrected chi connectivity index (χ3v) is 7.22. The molecule has 0 saturated carbocycles. The number of nitrogens with zero attached hydrogens (tertiary/aromatic N) is 2. The summed E-state index contributed by atoms with van der Waals surface area (Å²) in [5.74, 6) is 1.06. The van der Waals surface area contributed by atoms with Crippen LogP contribution < -0.4 is 10.1 Å². The van der Waals surface area contributed by atoms with E-state index in [2.05, 4.69) is 11.4 Å². The Balaban J connectivity index is 1.27. The van der Waals surface area contributed by atoms with Crippen molar-refractivity contribution in [2.45, 2.75) is 83.6 Å². The normalized spacial score (nSPS) is 18.6. The molecule has 0 aliphatic carbocycles. The summed E-state index contributed by atoms with van der Waals surface area (Å²) in [5.41, 5.74) is 3.65. The van der Waals surface area contributed by atoms with E-state index >= 15 is 0 Å². The van der Waals surface area contributed by atoms with Gasteiger partial charge in [0.1, 0.15) is 17.6 Å². The number of pyridine rings is 1. The summed E-state index contributed by atoms with van der Waals surface area (Å²) >= 11 is 0. The number of methoxy groups -OCH3 is 1. The predicted octanol–water partition coefficient (Wildman–Crippen LogP) is 5.00. The van der Waals surface area contributed by atoms with Crippen LogP contribution in [0.5, 0.6) is 5.75 Å². The highest BCUT2D eigenvalue weighted by Gasteiger charge is 2.35. The maximum atomic E-state index is 12.4. The molecule has 208 valence electrons. The molecular weight excluding hydrogens is 482 g/mol. The minimum Gasteiger partial charge on any atom is -0.496 e. The molecule has 0 spiro atoms. The van der Waals surface area contributed by atoms with Gasteiger partial charge in [0.05, 0.1) is 25.4 Å². The molecule has 2 aliphatic heterocycles. The van der Waals surface area contributed by atoms with Crippen molar-refractivity contribution in [2.75, 3.05) is 38.7 Å². The van der Waals surface area contributed by atoms with Gasteiger partial charge < -0.3 is 24.6 Å². The topological polar surface area (TPSA) is 93.2 Å². The molecule has 0 amide bonds. The van der Waals surface area contributed by atoms with Crippen molar-refractivity contribution in [1.82, 2.24) is 9.88 Å². The highest BCUT2D eigenvalue weighted by molar-refractivity contribution is 5.76. The quantitative estimate of drug-likeness (QED) is 0.374. The van der Waals surface area contributed by atoms with Crippen molar-refractivity contribution in [1.29, 1.82) is 0 Å². The number of benzene rings is 1. The molecule has 2 N–H and O–H groups in total. The number of carbonyl (C=O) groups is 1. The van der Waals surface area contributed by atoms with E-state index in [9.17, 15) is 9.90 Å². The summed E-state index contributed by atoms with van der Waals surface area (Å²) in [6.07, 6.45) is 5.76. The van der Waals surface area contributed by atoms with Crippen LogP contribution in [0.15, 0.2) is 30.3 Å². The Labute approximate surface area is 226 Å². The van der Waals surface area contributed by atoms with Gasteiger partial charge in [0.15, 0.2) is 0 Å². The lowest BCUT2D eigenvalue weighted by Crippen LogP contribution is -2.34. The Morgan fingerprint density at radius 2 is 2.08 bits per heavy atom. The predicted molar refractivity (Wildman–Crippen MR) is 148 cm³/mol. The van der Waals surface area contributed by atoms with Gasteiger partial charge in [0.2, 0.25) is 0 Å². The number of aliphatic carboxylic acids is 1. The first kappa shape index (κ1) is 28.3. The van der Waals surface area contributed by atoms with E-state index < -0.39 is 12.0 Å². The summed E-state index contributed by atoms with van der Waals surface area (Å²) in [4.78, 5) is 19.2.